The number of carbonyl (C=O) groups is 1. The molecule has 0 unspecified atom stereocenters. The molecule has 5 rings (SSSR count). The van der Waals surface area contributed by atoms with E-state index in [4.69, 9.17) is 0 Å². The molecule has 0 aliphatic rings. The van der Waals surface area contributed by atoms with E-state index >= 15 is 0 Å². The first-order valence-corrected chi connectivity index (χ1v) is 11.3. The Labute approximate surface area is 190 Å². The molecule has 0 bridgehead atoms. The van der Waals surface area contributed by atoms with Gasteiger partial charge in [-0.3, -0.25) is 9.20 Å². The maximum atomic E-state index is 12.4. The number of thioether (sulfide) groups is 1. The van der Waals surface area contributed by atoms with Crippen molar-refractivity contribution in [3.63, 3.8) is 0 Å². The van der Waals surface area contributed by atoms with Crippen LogP contribution in [-0.4, -0.2) is 35.9 Å². The molecule has 1 amide bonds. The minimum absolute atomic E-state index is 0.110. The average Bonchev–Trinajstić information content (AvgIpc) is 3.38. The van der Waals surface area contributed by atoms with Crippen LogP contribution < -0.4 is 5.32 Å². The first-order valence-electron chi connectivity index (χ1n) is 9.56. The van der Waals surface area contributed by atoms with Crippen molar-refractivity contribution in [3.05, 3.63) is 77.0 Å². The number of hydrogen-bond donors (Lipinski definition) is 1. The fourth-order valence-electron chi connectivity index (χ4n) is 3.23. The summed E-state index contributed by atoms with van der Waals surface area (Å²) in [6, 6.07) is 17.8. The topological polar surface area (TPSA) is 76.6 Å². The molecule has 9 heteroatoms. The zero-order chi connectivity index (χ0) is 21.4. The van der Waals surface area contributed by atoms with Gasteiger partial charge in [-0.2, -0.15) is 5.10 Å². The third kappa shape index (κ3) is 3.94. The maximum Gasteiger partial charge on any atom is 0.234 e. The van der Waals surface area contributed by atoms with Crippen LogP contribution in [0.15, 0.2) is 76.6 Å². The molecule has 31 heavy (non-hydrogen) atoms. The predicted molar refractivity (Wildman–Crippen MR) is 125 cm³/mol. The molecule has 0 spiro atoms. The molecule has 0 aliphatic carbocycles. The summed E-state index contributed by atoms with van der Waals surface area (Å²) in [5, 5.41) is 16.8. The van der Waals surface area contributed by atoms with Gasteiger partial charge in [0.2, 0.25) is 5.91 Å². The zero-order valence-electron chi connectivity index (χ0n) is 16.5. The Bertz CT molecular complexity index is 1410. The Morgan fingerprint density at radius 3 is 2.71 bits per heavy atom. The number of carbonyl (C=O) groups excluding carboxylic acids is 1. The van der Waals surface area contributed by atoms with Crippen LogP contribution in [0.4, 0.5) is 5.69 Å². The summed E-state index contributed by atoms with van der Waals surface area (Å²) in [6.07, 6.45) is 3.73. The highest BCUT2D eigenvalue weighted by atomic mass is 79.9. The normalized spacial score (nSPS) is 11.3. The van der Waals surface area contributed by atoms with Gasteiger partial charge in [-0.05, 0) is 41.1 Å². The second-order valence-corrected chi connectivity index (χ2v) is 8.81. The average molecular weight is 493 g/mol. The van der Waals surface area contributed by atoms with Crippen LogP contribution in [0.1, 0.15) is 5.56 Å². The lowest BCUT2D eigenvalue weighted by atomic mass is 10.1. The summed E-state index contributed by atoms with van der Waals surface area (Å²) >= 11 is 4.77. The number of benzene rings is 2. The van der Waals surface area contributed by atoms with Crippen LogP contribution >= 0.6 is 27.7 Å². The molecule has 3 aromatic heterocycles. The van der Waals surface area contributed by atoms with Crippen molar-refractivity contribution in [1.82, 2.24) is 24.2 Å². The van der Waals surface area contributed by atoms with E-state index in [0.717, 1.165) is 26.9 Å². The third-order valence-electron chi connectivity index (χ3n) is 4.81. The number of para-hydroxylation sites is 1. The van der Waals surface area contributed by atoms with Crippen molar-refractivity contribution in [1.29, 1.82) is 0 Å². The molecule has 0 saturated carbocycles. The van der Waals surface area contributed by atoms with Crippen molar-refractivity contribution in [2.45, 2.75) is 12.1 Å². The molecule has 7 nitrogen and oxygen atoms in total. The first-order chi connectivity index (χ1) is 15.1. The quantitative estimate of drug-likeness (QED) is 0.355. The molecule has 154 valence electrons. The Hall–Kier alpha value is -3.17. The number of rotatable bonds is 5. The number of fused-ring (bicyclic) bond motifs is 3. The summed E-state index contributed by atoms with van der Waals surface area (Å²) in [7, 11) is 0. The van der Waals surface area contributed by atoms with Gasteiger partial charge in [0.05, 0.1) is 17.1 Å². The Morgan fingerprint density at radius 1 is 1.10 bits per heavy atom. The number of aryl methyl sites for hydroxylation is 1. The number of nitrogens with one attached hydrogen (secondary N) is 1. The standard InChI is InChI=1S/C22H17BrN6OS/c1-14-6-8-15(9-7-14)18-12-19-21-25-26-22(28(21)10-11-29(19)27-18)31-13-20(30)24-17-5-3-2-4-16(17)23/h2-12H,13H2,1H3,(H,24,30). The van der Waals surface area contributed by atoms with E-state index in [-0.39, 0.29) is 11.7 Å². The molecular weight excluding hydrogens is 476 g/mol. The number of anilines is 1. The van der Waals surface area contributed by atoms with E-state index in [1.165, 1.54) is 17.3 Å². The lowest BCUT2D eigenvalue weighted by Crippen LogP contribution is -2.14. The van der Waals surface area contributed by atoms with Crippen molar-refractivity contribution in [3.8, 4) is 11.3 Å². The van der Waals surface area contributed by atoms with E-state index < -0.39 is 0 Å². The van der Waals surface area contributed by atoms with Gasteiger partial charge in [0.1, 0.15) is 5.52 Å². The smallest absolute Gasteiger partial charge is 0.234 e. The minimum atomic E-state index is -0.110. The lowest BCUT2D eigenvalue weighted by molar-refractivity contribution is -0.113. The number of amides is 1. The fourth-order valence-corrected chi connectivity index (χ4v) is 4.33. The molecule has 0 radical (unpaired) electrons. The summed E-state index contributed by atoms with van der Waals surface area (Å²) in [4.78, 5) is 12.4. The molecule has 2 aromatic carbocycles. The lowest BCUT2D eigenvalue weighted by Gasteiger charge is -2.06. The Balaban J connectivity index is 1.38. The van der Waals surface area contributed by atoms with Crippen molar-refractivity contribution >= 4 is 50.5 Å². The summed E-state index contributed by atoms with van der Waals surface area (Å²) in [6.45, 7) is 2.06. The maximum absolute atomic E-state index is 12.4. The highest BCUT2D eigenvalue weighted by molar-refractivity contribution is 9.10. The van der Waals surface area contributed by atoms with Gasteiger partial charge in [-0.15, -0.1) is 10.2 Å². The predicted octanol–water partition coefficient (Wildman–Crippen LogP) is 4.85. The van der Waals surface area contributed by atoms with Gasteiger partial charge in [-0.1, -0.05) is 53.7 Å². The molecule has 0 atom stereocenters. The van der Waals surface area contributed by atoms with Crippen LogP contribution in [0.25, 0.3) is 22.4 Å². The molecule has 3 heterocycles. The van der Waals surface area contributed by atoms with Crippen molar-refractivity contribution in [2.24, 2.45) is 0 Å². The molecule has 0 aliphatic heterocycles. The molecule has 5 aromatic rings. The van der Waals surface area contributed by atoms with E-state index in [1.807, 2.05) is 47.1 Å². The largest absolute Gasteiger partial charge is 0.324 e. The van der Waals surface area contributed by atoms with Gasteiger partial charge >= 0.3 is 0 Å². The summed E-state index contributed by atoms with van der Waals surface area (Å²) in [5.41, 5.74) is 5.42. The fraction of sp³-hybridized carbons (Fsp3) is 0.0909. The molecule has 0 saturated heterocycles. The number of aromatic nitrogens is 5. The van der Waals surface area contributed by atoms with E-state index in [9.17, 15) is 4.79 Å². The van der Waals surface area contributed by atoms with Crippen LogP contribution in [0.3, 0.4) is 0 Å². The summed E-state index contributed by atoms with van der Waals surface area (Å²) < 4.78 is 4.52. The Morgan fingerprint density at radius 2 is 1.90 bits per heavy atom. The van der Waals surface area contributed by atoms with Crippen molar-refractivity contribution in [2.75, 3.05) is 11.1 Å². The van der Waals surface area contributed by atoms with Crippen LogP contribution in [-0.2, 0) is 4.79 Å². The highest BCUT2D eigenvalue weighted by Gasteiger charge is 2.14. The van der Waals surface area contributed by atoms with Crippen LogP contribution in [0.5, 0.6) is 0 Å². The van der Waals surface area contributed by atoms with Crippen molar-refractivity contribution < 1.29 is 4.79 Å². The van der Waals surface area contributed by atoms with Gasteiger partial charge in [0.15, 0.2) is 10.8 Å². The number of nitrogens with zero attached hydrogens (tertiary/aromatic N) is 5. The van der Waals surface area contributed by atoms with Gasteiger partial charge < -0.3 is 5.32 Å². The Kier molecular flexibility index (Phi) is 5.21. The molecular formula is C22H17BrN6OS. The van der Waals surface area contributed by atoms with Gasteiger partial charge in [0, 0.05) is 22.4 Å². The first kappa shape index (κ1) is 19.8. The zero-order valence-corrected chi connectivity index (χ0v) is 18.9. The second kappa shape index (κ2) is 8.16. The van der Waals surface area contributed by atoms with E-state index in [1.54, 1.807) is 4.52 Å². The third-order valence-corrected chi connectivity index (χ3v) is 6.45. The number of halogens is 1. The van der Waals surface area contributed by atoms with Crippen LogP contribution in [0.2, 0.25) is 0 Å². The van der Waals surface area contributed by atoms with Crippen LogP contribution in [0, 0.1) is 6.92 Å². The highest BCUT2D eigenvalue weighted by Crippen LogP contribution is 2.25. The number of hydrogen-bond acceptors (Lipinski definition) is 5. The van der Waals surface area contributed by atoms with E-state index in [2.05, 4.69) is 67.7 Å². The minimum Gasteiger partial charge on any atom is -0.324 e. The summed E-state index contributed by atoms with van der Waals surface area (Å²) in [5.74, 6) is 0.113. The second-order valence-electron chi connectivity index (χ2n) is 7.02. The SMILES string of the molecule is Cc1ccc(-c2cc3c4nnc(SCC(=O)Nc5ccccc5Br)n4ccn3n2)cc1. The van der Waals surface area contributed by atoms with Gasteiger partial charge in [-0.25, -0.2) is 4.52 Å². The monoisotopic (exact) mass is 492 g/mol. The molecule has 1 N–H and O–H groups in total. The van der Waals surface area contributed by atoms with Gasteiger partial charge in [0.25, 0.3) is 0 Å². The van der Waals surface area contributed by atoms with E-state index in [0.29, 0.717) is 10.8 Å². The molecule has 0 fully saturated rings.